The Bertz CT molecular complexity index is 2220. The van der Waals surface area contributed by atoms with Crippen molar-refractivity contribution in [2.24, 2.45) is 0 Å². The first kappa shape index (κ1) is 28.9. The van der Waals surface area contributed by atoms with E-state index in [1.54, 1.807) is 12.4 Å². The molecule has 0 spiro atoms. The van der Waals surface area contributed by atoms with Crippen LogP contribution < -0.4 is 4.90 Å². The smallest absolute Gasteiger partial charge is 0.180 e. The summed E-state index contributed by atoms with van der Waals surface area (Å²) in [5.74, 6) is 0. The number of benzene rings is 5. The summed E-state index contributed by atoms with van der Waals surface area (Å²) < 4.78 is -0.750. The van der Waals surface area contributed by atoms with Crippen LogP contribution in [0, 0.1) is 0 Å². The van der Waals surface area contributed by atoms with Gasteiger partial charge in [-0.2, -0.15) is 0 Å². The van der Waals surface area contributed by atoms with Gasteiger partial charge in [-0.15, -0.1) is 0 Å². The molecular formula is C37H24Cl3N5. The average Bonchev–Trinajstić information content (AvgIpc) is 3.09. The molecular weight excluding hydrogens is 621 g/mol. The normalized spacial score (nSPS) is 11.2. The number of pyridine rings is 2. The number of halogens is 3. The second-order valence-electron chi connectivity index (χ2n) is 10.2. The Labute approximate surface area is 274 Å². The maximum atomic E-state index is 5.13. The summed E-state index contributed by atoms with van der Waals surface area (Å²) in [6, 6.07) is 43.8. The van der Waals surface area contributed by atoms with Crippen LogP contribution in [0.3, 0.4) is 0 Å². The van der Waals surface area contributed by atoms with Crippen LogP contribution in [-0.4, -0.2) is 24.2 Å². The molecule has 8 aromatic rings. The third-order valence-corrected chi connectivity index (χ3v) is 7.50. The Hall–Kier alpha value is -4.81. The Morgan fingerprint density at radius 2 is 0.911 bits per heavy atom. The molecule has 45 heavy (non-hydrogen) atoms. The van der Waals surface area contributed by atoms with Crippen molar-refractivity contribution in [3.63, 3.8) is 0 Å². The summed E-state index contributed by atoms with van der Waals surface area (Å²) in [6.45, 7) is 0. The van der Waals surface area contributed by atoms with Crippen LogP contribution in [0.5, 0.6) is 0 Å². The highest BCUT2D eigenvalue weighted by atomic mass is 35.6. The number of hydrogen-bond donors (Lipinski definition) is 0. The van der Waals surface area contributed by atoms with E-state index in [4.69, 9.17) is 44.8 Å². The first-order valence-electron chi connectivity index (χ1n) is 14.2. The van der Waals surface area contributed by atoms with E-state index in [-0.39, 0.29) is 0 Å². The van der Waals surface area contributed by atoms with Crippen molar-refractivity contribution in [3.05, 3.63) is 140 Å². The van der Waals surface area contributed by atoms with Crippen LogP contribution in [0.2, 0.25) is 0 Å². The minimum absolute atomic E-state index is 0.750. The summed E-state index contributed by atoms with van der Waals surface area (Å²) in [5, 5.41) is 1.92. The van der Waals surface area contributed by atoms with Crippen LogP contribution >= 0.6 is 34.8 Å². The minimum Gasteiger partial charge on any atom is -0.311 e. The monoisotopic (exact) mass is 643 g/mol. The van der Waals surface area contributed by atoms with E-state index < -0.39 is 4.30 Å². The fourth-order valence-electron chi connectivity index (χ4n) is 5.58. The largest absolute Gasteiger partial charge is 0.311 e. The van der Waals surface area contributed by atoms with E-state index in [0.29, 0.717) is 0 Å². The number of para-hydroxylation sites is 2. The van der Waals surface area contributed by atoms with Gasteiger partial charge in [-0.25, -0.2) is 9.97 Å². The van der Waals surface area contributed by atoms with Gasteiger partial charge in [0, 0.05) is 40.2 Å². The van der Waals surface area contributed by atoms with Gasteiger partial charge in [-0.05, 0) is 83.9 Å². The number of anilines is 3. The van der Waals surface area contributed by atoms with Gasteiger partial charge in [0.05, 0.1) is 33.1 Å². The Morgan fingerprint density at radius 3 is 1.44 bits per heavy atom. The lowest BCUT2D eigenvalue weighted by atomic mass is 10.0. The summed E-state index contributed by atoms with van der Waals surface area (Å²) in [5.41, 5.74) is 10.6. The van der Waals surface area contributed by atoms with Gasteiger partial charge in [0.2, 0.25) is 0 Å². The molecule has 8 heteroatoms. The van der Waals surface area contributed by atoms with E-state index in [1.165, 1.54) is 0 Å². The van der Waals surface area contributed by atoms with Gasteiger partial charge in [0.25, 0.3) is 0 Å². The zero-order chi connectivity index (χ0) is 30.8. The first-order chi connectivity index (χ1) is 22.1. The van der Waals surface area contributed by atoms with Gasteiger partial charge in [-0.1, -0.05) is 89.4 Å². The molecule has 0 radical (unpaired) electrons. The van der Waals surface area contributed by atoms with E-state index in [2.05, 4.69) is 106 Å². The lowest BCUT2D eigenvalue weighted by molar-refractivity contribution is 1.28. The summed E-state index contributed by atoms with van der Waals surface area (Å²) in [4.78, 5) is 21.7. The number of fused-ring (bicyclic) bond motifs is 7. The maximum absolute atomic E-state index is 5.13. The van der Waals surface area contributed by atoms with Gasteiger partial charge < -0.3 is 4.90 Å². The number of aromatic nitrogens is 4. The van der Waals surface area contributed by atoms with Crippen molar-refractivity contribution in [1.82, 2.24) is 19.9 Å². The second kappa shape index (κ2) is 12.7. The Morgan fingerprint density at radius 1 is 0.444 bits per heavy atom. The number of rotatable bonds is 4. The molecule has 0 fully saturated rings. The van der Waals surface area contributed by atoms with E-state index >= 15 is 0 Å². The van der Waals surface area contributed by atoms with Crippen molar-refractivity contribution in [3.8, 4) is 11.1 Å². The maximum Gasteiger partial charge on any atom is 0.180 e. The molecule has 0 saturated carbocycles. The minimum atomic E-state index is -0.750. The van der Waals surface area contributed by atoms with Gasteiger partial charge >= 0.3 is 0 Å². The molecule has 0 aliphatic carbocycles. The van der Waals surface area contributed by atoms with Gasteiger partial charge in [0.1, 0.15) is 0 Å². The second-order valence-corrected chi connectivity index (χ2v) is 12.2. The summed E-state index contributed by atoms with van der Waals surface area (Å²) >= 11 is 14.4. The highest BCUT2D eigenvalue weighted by Gasteiger charge is 2.15. The fraction of sp³-hybridized carbons (Fsp3) is 0.0270. The molecule has 5 aromatic carbocycles. The standard InChI is InChI=1S/C36H23N5.CHCl3/c1-3-9-26(10-4-1)41(27-11-5-2-6-12-27)28-18-15-24(16-19-28)25-17-20-31-32(23-25)40-36-30-14-8-22-38-34(30)33-29(35(36)39-31)13-7-21-37-33;2-1(3)4/h1-23H;1H. The van der Waals surface area contributed by atoms with Crippen LogP contribution in [0.15, 0.2) is 140 Å². The fourth-order valence-corrected chi connectivity index (χ4v) is 5.58. The summed E-state index contributed by atoms with van der Waals surface area (Å²) in [6.07, 6.45) is 3.60. The van der Waals surface area contributed by atoms with Crippen LogP contribution in [0.25, 0.3) is 55.0 Å². The molecule has 3 heterocycles. The van der Waals surface area contributed by atoms with Crippen molar-refractivity contribution < 1.29 is 0 Å². The van der Waals surface area contributed by atoms with Crippen LogP contribution in [0.1, 0.15) is 0 Å². The lowest BCUT2D eigenvalue weighted by Gasteiger charge is -2.25. The Kier molecular flexibility index (Phi) is 8.14. The van der Waals surface area contributed by atoms with E-state index in [0.717, 1.165) is 72.1 Å². The van der Waals surface area contributed by atoms with Crippen molar-refractivity contribution in [2.45, 2.75) is 4.30 Å². The molecule has 0 amide bonds. The number of alkyl halides is 3. The molecule has 0 atom stereocenters. The molecule has 0 aliphatic heterocycles. The quantitative estimate of drug-likeness (QED) is 0.108. The zero-order valence-electron chi connectivity index (χ0n) is 23.7. The number of hydrogen-bond acceptors (Lipinski definition) is 5. The predicted molar refractivity (Wildman–Crippen MR) is 189 cm³/mol. The zero-order valence-corrected chi connectivity index (χ0v) is 26.0. The molecule has 8 rings (SSSR count). The lowest BCUT2D eigenvalue weighted by Crippen LogP contribution is -2.09. The third kappa shape index (κ3) is 5.86. The SMILES string of the molecule is ClC(Cl)Cl.c1ccc(N(c2ccccc2)c2ccc(-c3ccc4nc5c6cccnc6c6ncccc6c5nc4c3)cc2)cc1. The van der Waals surface area contributed by atoms with E-state index in [9.17, 15) is 0 Å². The topological polar surface area (TPSA) is 54.8 Å². The van der Waals surface area contributed by atoms with Gasteiger partial charge in [-0.3, -0.25) is 9.97 Å². The molecule has 3 aromatic heterocycles. The molecule has 218 valence electrons. The average molecular weight is 645 g/mol. The van der Waals surface area contributed by atoms with Gasteiger partial charge in [0.15, 0.2) is 4.30 Å². The van der Waals surface area contributed by atoms with E-state index in [1.807, 2.05) is 36.4 Å². The van der Waals surface area contributed by atoms with Crippen LogP contribution in [0.4, 0.5) is 17.1 Å². The Balaban J connectivity index is 0.000000770. The van der Waals surface area contributed by atoms with Crippen molar-refractivity contribution >= 4 is 95.7 Å². The molecule has 0 saturated heterocycles. The molecule has 5 nitrogen and oxygen atoms in total. The molecule has 0 unspecified atom stereocenters. The first-order valence-corrected chi connectivity index (χ1v) is 15.5. The number of nitrogens with zero attached hydrogens (tertiary/aromatic N) is 5. The highest BCUT2D eigenvalue weighted by Crippen LogP contribution is 2.36. The molecule has 0 aliphatic rings. The van der Waals surface area contributed by atoms with Crippen LogP contribution in [-0.2, 0) is 0 Å². The predicted octanol–water partition coefficient (Wildman–Crippen LogP) is 11.0. The van der Waals surface area contributed by atoms with Crippen molar-refractivity contribution in [2.75, 3.05) is 4.90 Å². The summed E-state index contributed by atoms with van der Waals surface area (Å²) in [7, 11) is 0. The molecule has 0 bridgehead atoms. The van der Waals surface area contributed by atoms with Crippen molar-refractivity contribution in [1.29, 1.82) is 0 Å². The molecule has 0 N–H and O–H groups in total. The highest BCUT2D eigenvalue weighted by molar-refractivity contribution is 6.63. The third-order valence-electron chi connectivity index (χ3n) is 7.50.